The molecule has 0 atom stereocenters. The van der Waals surface area contributed by atoms with E-state index >= 15 is 0 Å². The fourth-order valence-electron chi connectivity index (χ4n) is 5.35. The van der Waals surface area contributed by atoms with Crippen LogP contribution < -0.4 is 15.5 Å². The first kappa shape index (κ1) is 25.1. The summed E-state index contributed by atoms with van der Waals surface area (Å²) in [6.07, 6.45) is 2.93. The van der Waals surface area contributed by atoms with E-state index in [2.05, 4.69) is 83.2 Å². The zero-order valence-corrected chi connectivity index (χ0v) is 21.7. The van der Waals surface area contributed by atoms with E-state index in [1.807, 2.05) is 12.1 Å². The van der Waals surface area contributed by atoms with Crippen LogP contribution in [0.15, 0.2) is 24.4 Å². The van der Waals surface area contributed by atoms with Crippen molar-refractivity contribution in [2.24, 2.45) is 0 Å². The minimum atomic E-state index is -0.479. The predicted octanol–water partition coefficient (Wildman–Crippen LogP) is 4.05. The molecule has 0 radical (unpaired) electrons. The first-order valence-electron chi connectivity index (χ1n) is 12.3. The number of hydrogen-bond donors (Lipinski definition) is 2. The van der Waals surface area contributed by atoms with E-state index in [1.165, 1.54) is 6.20 Å². The lowest BCUT2D eigenvalue weighted by molar-refractivity contribution is -0.00778. The molecule has 0 unspecified atom stereocenters. The van der Waals surface area contributed by atoms with Gasteiger partial charge in [-0.1, -0.05) is 0 Å². The number of nitrogens with one attached hydrogen (secondary N) is 2. The third-order valence-corrected chi connectivity index (χ3v) is 7.61. The number of hydrogen-bond acceptors (Lipinski definition) is 8. The summed E-state index contributed by atoms with van der Waals surface area (Å²) in [6, 6.07) is 8.07. The molecule has 3 heterocycles. The highest BCUT2D eigenvalue weighted by Gasteiger charge is 2.43. The summed E-state index contributed by atoms with van der Waals surface area (Å²) in [4.78, 5) is 15.5. The summed E-state index contributed by atoms with van der Waals surface area (Å²) in [7, 11) is 4.25. The third kappa shape index (κ3) is 5.49. The summed E-state index contributed by atoms with van der Waals surface area (Å²) < 4.78 is 14.7. The average Bonchev–Trinajstić information content (AvgIpc) is 2.80. The lowest BCUT2D eigenvalue weighted by Crippen LogP contribution is -2.61. The molecular weight excluding hydrogens is 443 g/mol. The Bertz CT molecular complexity index is 1080. The number of likely N-dealkylation sites (tertiary alicyclic amines) is 1. The number of aromatic nitrogens is 2. The Morgan fingerprint density at radius 2 is 1.71 bits per heavy atom. The van der Waals surface area contributed by atoms with Gasteiger partial charge in [-0.15, -0.1) is 0 Å². The summed E-state index contributed by atoms with van der Waals surface area (Å²) >= 11 is 0. The normalized spacial score (nSPS) is 20.9. The summed E-state index contributed by atoms with van der Waals surface area (Å²) in [5.74, 6) is 0.00280. The summed E-state index contributed by atoms with van der Waals surface area (Å²) in [5.41, 5.74) is 2.17. The molecule has 2 aliphatic rings. The number of halogens is 1. The second kappa shape index (κ2) is 9.59. The molecule has 35 heavy (non-hydrogen) atoms. The Balaban J connectivity index is 1.50. The van der Waals surface area contributed by atoms with Crippen molar-refractivity contribution in [3.8, 4) is 6.07 Å². The van der Waals surface area contributed by atoms with Crippen molar-refractivity contribution in [2.45, 2.75) is 57.7 Å². The monoisotopic (exact) mass is 480 g/mol. The number of piperazine rings is 1. The van der Waals surface area contributed by atoms with E-state index in [4.69, 9.17) is 0 Å². The van der Waals surface area contributed by atoms with E-state index in [9.17, 15) is 9.65 Å². The number of benzene rings is 1. The van der Waals surface area contributed by atoms with Gasteiger partial charge in [0.2, 0.25) is 5.95 Å². The van der Waals surface area contributed by atoms with Crippen LogP contribution in [0.2, 0.25) is 0 Å². The highest BCUT2D eigenvalue weighted by atomic mass is 19.1. The summed E-state index contributed by atoms with van der Waals surface area (Å²) in [6.45, 7) is 12.6. The van der Waals surface area contributed by atoms with Crippen LogP contribution in [0.1, 0.15) is 46.1 Å². The van der Waals surface area contributed by atoms with E-state index in [-0.39, 0.29) is 28.9 Å². The second-order valence-corrected chi connectivity index (χ2v) is 11.1. The van der Waals surface area contributed by atoms with Crippen molar-refractivity contribution in [2.75, 3.05) is 55.8 Å². The van der Waals surface area contributed by atoms with Gasteiger partial charge in [-0.25, -0.2) is 9.37 Å². The molecule has 0 saturated carbocycles. The molecule has 188 valence electrons. The van der Waals surface area contributed by atoms with Crippen LogP contribution in [-0.2, 0) is 0 Å². The van der Waals surface area contributed by atoms with Gasteiger partial charge in [0.1, 0.15) is 6.07 Å². The molecule has 0 aliphatic carbocycles. The molecule has 9 heteroatoms. The molecule has 0 bridgehead atoms. The van der Waals surface area contributed by atoms with Gasteiger partial charge in [0.25, 0.3) is 0 Å². The SMILES string of the molecule is CN1CCN(c2ccc(Nc3ncc(F)c(NC4CC(C)(C)N(C)C(C)(C)C4)n3)cc2C#N)CC1. The van der Waals surface area contributed by atoms with E-state index in [1.54, 1.807) is 6.07 Å². The van der Waals surface area contributed by atoms with Crippen molar-refractivity contribution in [3.63, 3.8) is 0 Å². The first-order chi connectivity index (χ1) is 16.5. The molecular formula is C26H37FN8. The maximum Gasteiger partial charge on any atom is 0.229 e. The lowest BCUT2D eigenvalue weighted by atomic mass is 9.77. The average molecular weight is 481 g/mol. The zero-order valence-electron chi connectivity index (χ0n) is 21.7. The summed E-state index contributed by atoms with van der Waals surface area (Å²) in [5, 5.41) is 16.2. The molecule has 2 saturated heterocycles. The number of anilines is 4. The largest absolute Gasteiger partial charge is 0.368 e. The number of nitriles is 1. The van der Waals surface area contributed by atoms with Crippen LogP contribution in [0.5, 0.6) is 0 Å². The van der Waals surface area contributed by atoms with E-state index < -0.39 is 5.82 Å². The molecule has 1 aromatic carbocycles. The van der Waals surface area contributed by atoms with Crippen LogP contribution in [0.4, 0.5) is 27.5 Å². The van der Waals surface area contributed by atoms with E-state index in [0.29, 0.717) is 11.3 Å². The topological polar surface area (TPSA) is 83.3 Å². The van der Waals surface area contributed by atoms with Gasteiger partial charge in [0.05, 0.1) is 17.4 Å². The zero-order chi connectivity index (χ0) is 25.4. The molecule has 2 fully saturated rings. The molecule has 2 N–H and O–H groups in total. The van der Waals surface area contributed by atoms with Gasteiger partial charge in [-0.3, -0.25) is 4.90 Å². The Hall–Kier alpha value is -2.96. The number of rotatable bonds is 5. The van der Waals surface area contributed by atoms with E-state index in [0.717, 1.165) is 44.7 Å². The number of likely N-dealkylation sites (N-methyl/N-ethyl adjacent to an activating group) is 1. The molecule has 2 aliphatic heterocycles. The van der Waals surface area contributed by atoms with Crippen molar-refractivity contribution in [3.05, 3.63) is 35.8 Å². The van der Waals surface area contributed by atoms with Crippen molar-refractivity contribution in [1.82, 2.24) is 19.8 Å². The van der Waals surface area contributed by atoms with Crippen LogP contribution in [0.25, 0.3) is 0 Å². The maximum absolute atomic E-state index is 14.7. The van der Waals surface area contributed by atoms with Gasteiger partial charge in [-0.2, -0.15) is 10.2 Å². The Morgan fingerprint density at radius 3 is 2.34 bits per heavy atom. The number of nitrogens with zero attached hydrogens (tertiary/aromatic N) is 6. The van der Waals surface area contributed by atoms with Crippen LogP contribution in [-0.4, -0.2) is 77.2 Å². The second-order valence-electron chi connectivity index (χ2n) is 11.1. The standard InChI is InChI=1S/C26H37FN8/c1-25(2)14-20(15-26(3,4)34(25)6)30-23-21(27)17-29-24(32-23)31-19-7-8-22(18(13-19)16-28)35-11-9-33(5)10-12-35/h7-8,13,17,20H,9-12,14-15H2,1-6H3,(H2,29,30,31,32). The van der Waals surface area contributed by atoms with Crippen LogP contribution >= 0.6 is 0 Å². The van der Waals surface area contributed by atoms with Crippen molar-refractivity contribution in [1.29, 1.82) is 5.26 Å². The minimum Gasteiger partial charge on any atom is -0.368 e. The fourth-order valence-corrected chi connectivity index (χ4v) is 5.35. The van der Waals surface area contributed by atoms with Gasteiger partial charge < -0.3 is 20.4 Å². The minimum absolute atomic E-state index is 0.0246. The first-order valence-corrected chi connectivity index (χ1v) is 12.3. The Labute approximate surface area is 208 Å². The molecule has 1 aromatic heterocycles. The predicted molar refractivity (Wildman–Crippen MR) is 139 cm³/mol. The van der Waals surface area contributed by atoms with Crippen LogP contribution in [0.3, 0.4) is 0 Å². The third-order valence-electron chi connectivity index (χ3n) is 7.61. The quantitative estimate of drug-likeness (QED) is 0.663. The Kier molecular flexibility index (Phi) is 6.89. The van der Waals surface area contributed by atoms with Crippen molar-refractivity contribution >= 4 is 23.1 Å². The highest BCUT2D eigenvalue weighted by molar-refractivity contribution is 5.68. The molecule has 4 rings (SSSR count). The van der Waals surface area contributed by atoms with Gasteiger partial charge in [-0.05, 0) is 72.8 Å². The molecule has 0 amide bonds. The Morgan fingerprint density at radius 1 is 1.06 bits per heavy atom. The van der Waals surface area contributed by atoms with Gasteiger partial charge >= 0.3 is 0 Å². The molecule has 8 nitrogen and oxygen atoms in total. The fraction of sp³-hybridized carbons (Fsp3) is 0.577. The number of piperidine rings is 1. The highest BCUT2D eigenvalue weighted by Crippen LogP contribution is 2.38. The lowest BCUT2D eigenvalue weighted by Gasteiger charge is -2.53. The van der Waals surface area contributed by atoms with Crippen LogP contribution in [0, 0.1) is 17.1 Å². The molecule has 2 aromatic rings. The van der Waals surface area contributed by atoms with Crippen molar-refractivity contribution < 1.29 is 4.39 Å². The molecule has 0 spiro atoms. The van der Waals surface area contributed by atoms with Gasteiger partial charge in [0.15, 0.2) is 11.6 Å². The van der Waals surface area contributed by atoms with Gasteiger partial charge in [0, 0.05) is 49.0 Å². The maximum atomic E-state index is 14.7. The smallest absolute Gasteiger partial charge is 0.229 e.